The van der Waals surface area contributed by atoms with Crippen molar-refractivity contribution in [2.24, 2.45) is 5.92 Å². The van der Waals surface area contributed by atoms with Gasteiger partial charge in [0.2, 0.25) is 0 Å². The van der Waals surface area contributed by atoms with E-state index >= 15 is 0 Å². The summed E-state index contributed by atoms with van der Waals surface area (Å²) in [7, 11) is -1.17. The molecule has 1 aliphatic rings. The van der Waals surface area contributed by atoms with Gasteiger partial charge in [-0.05, 0) is 53.4 Å². The Bertz CT molecular complexity index is 334. The molecule has 0 saturated heterocycles. The van der Waals surface area contributed by atoms with Crippen LogP contribution in [0.15, 0.2) is 0 Å². The Balaban J connectivity index is 2.69. The summed E-state index contributed by atoms with van der Waals surface area (Å²) in [6.07, 6.45) is 2.46. The van der Waals surface area contributed by atoms with Crippen LogP contribution in [0.3, 0.4) is 0 Å². The van der Waals surface area contributed by atoms with Gasteiger partial charge >= 0.3 is 5.97 Å². The molecule has 4 nitrogen and oxygen atoms in total. The van der Waals surface area contributed by atoms with E-state index in [4.69, 9.17) is 4.74 Å². The van der Waals surface area contributed by atoms with Crippen molar-refractivity contribution in [3.05, 3.63) is 0 Å². The van der Waals surface area contributed by atoms with Crippen LogP contribution in [-0.2, 0) is 20.5 Å². The maximum Gasteiger partial charge on any atom is 0.307 e. The number of rotatable bonds is 6. The van der Waals surface area contributed by atoms with Crippen LogP contribution < -0.4 is 4.72 Å². The van der Waals surface area contributed by atoms with E-state index in [1.54, 1.807) is 6.92 Å². The molecule has 0 bridgehead atoms. The molecule has 106 valence electrons. The number of carbonyl (C=O) groups excluding carboxylic acids is 1. The fourth-order valence-corrected chi connectivity index (χ4v) is 2.83. The van der Waals surface area contributed by atoms with E-state index in [1.165, 1.54) is 0 Å². The van der Waals surface area contributed by atoms with Crippen molar-refractivity contribution < 1.29 is 13.7 Å². The van der Waals surface area contributed by atoms with Gasteiger partial charge in [-0.2, -0.15) is 0 Å². The molecule has 0 aliphatic heterocycles. The first kappa shape index (κ1) is 15.6. The SMILES string of the molecule is CCOC(=O)CC(C)(NS(=O)C(C)(C)C)C1CC1. The molecule has 0 radical (unpaired) electrons. The minimum atomic E-state index is -1.17. The lowest BCUT2D eigenvalue weighted by atomic mass is 9.93. The smallest absolute Gasteiger partial charge is 0.307 e. The van der Waals surface area contributed by atoms with Crippen LogP contribution in [0.2, 0.25) is 0 Å². The summed E-state index contributed by atoms with van der Waals surface area (Å²) < 4.78 is 20.0. The molecule has 2 unspecified atom stereocenters. The van der Waals surface area contributed by atoms with Gasteiger partial charge in [-0.25, -0.2) is 8.93 Å². The predicted octanol–water partition coefficient (Wildman–Crippen LogP) is 2.16. The Morgan fingerprint density at radius 1 is 1.33 bits per heavy atom. The third-order valence-corrected chi connectivity index (χ3v) is 4.94. The van der Waals surface area contributed by atoms with Crippen LogP contribution in [0.1, 0.15) is 53.9 Å². The van der Waals surface area contributed by atoms with E-state index in [0.29, 0.717) is 12.5 Å². The van der Waals surface area contributed by atoms with Gasteiger partial charge in [0, 0.05) is 5.54 Å². The molecule has 1 fully saturated rings. The van der Waals surface area contributed by atoms with Crippen LogP contribution in [-0.4, -0.2) is 27.1 Å². The van der Waals surface area contributed by atoms with Crippen molar-refractivity contribution in [2.45, 2.75) is 64.2 Å². The summed E-state index contributed by atoms with van der Waals surface area (Å²) in [5, 5.41) is 0. The molecule has 0 aromatic heterocycles. The minimum Gasteiger partial charge on any atom is -0.466 e. The number of esters is 1. The molecule has 0 aromatic rings. The van der Waals surface area contributed by atoms with Crippen LogP contribution >= 0.6 is 0 Å². The van der Waals surface area contributed by atoms with E-state index in [2.05, 4.69) is 4.72 Å². The highest BCUT2D eigenvalue weighted by molar-refractivity contribution is 7.84. The monoisotopic (exact) mass is 275 g/mol. The van der Waals surface area contributed by atoms with Crippen LogP contribution in [0, 0.1) is 5.92 Å². The molecule has 1 saturated carbocycles. The molecule has 2 atom stereocenters. The highest BCUT2D eigenvalue weighted by Crippen LogP contribution is 2.42. The fourth-order valence-electron chi connectivity index (χ4n) is 1.86. The largest absolute Gasteiger partial charge is 0.466 e. The topological polar surface area (TPSA) is 55.4 Å². The Hall–Kier alpha value is -0.420. The van der Waals surface area contributed by atoms with E-state index < -0.39 is 16.5 Å². The molecular formula is C13H25NO3S. The predicted molar refractivity (Wildman–Crippen MR) is 73.4 cm³/mol. The molecule has 1 N–H and O–H groups in total. The molecule has 5 heteroatoms. The highest BCUT2D eigenvalue weighted by atomic mass is 32.2. The molecular weight excluding hydrogens is 250 g/mol. The van der Waals surface area contributed by atoms with Crippen molar-refractivity contribution in [3.8, 4) is 0 Å². The van der Waals surface area contributed by atoms with Crippen molar-refractivity contribution >= 4 is 17.0 Å². The molecule has 18 heavy (non-hydrogen) atoms. The number of hydrogen-bond acceptors (Lipinski definition) is 3. The van der Waals surface area contributed by atoms with Gasteiger partial charge in [0.25, 0.3) is 0 Å². The third-order valence-electron chi connectivity index (χ3n) is 3.18. The zero-order valence-electron chi connectivity index (χ0n) is 12.0. The summed E-state index contributed by atoms with van der Waals surface area (Å²) in [5.74, 6) is 0.207. The number of ether oxygens (including phenoxy) is 1. The first-order valence-corrected chi connectivity index (χ1v) is 7.69. The summed E-state index contributed by atoms with van der Waals surface area (Å²) in [4.78, 5) is 11.7. The maximum absolute atomic E-state index is 12.2. The van der Waals surface area contributed by atoms with Crippen LogP contribution in [0.5, 0.6) is 0 Å². The number of carbonyl (C=O) groups is 1. The average Bonchev–Trinajstić information content (AvgIpc) is 2.98. The van der Waals surface area contributed by atoms with Crippen LogP contribution in [0.25, 0.3) is 0 Å². The van der Waals surface area contributed by atoms with E-state index in [0.717, 1.165) is 12.8 Å². The Labute approximate surface area is 112 Å². The van der Waals surface area contributed by atoms with E-state index in [-0.39, 0.29) is 17.1 Å². The van der Waals surface area contributed by atoms with Gasteiger partial charge in [-0.15, -0.1) is 0 Å². The summed E-state index contributed by atoms with van der Waals surface area (Å²) >= 11 is 0. The Morgan fingerprint density at radius 2 is 1.89 bits per heavy atom. The zero-order valence-corrected chi connectivity index (χ0v) is 12.9. The van der Waals surface area contributed by atoms with Crippen molar-refractivity contribution in [3.63, 3.8) is 0 Å². The first-order valence-electron chi connectivity index (χ1n) is 6.54. The summed E-state index contributed by atoms with van der Waals surface area (Å²) in [5.41, 5.74) is -0.412. The second kappa shape index (κ2) is 5.70. The second-order valence-electron chi connectivity index (χ2n) is 6.16. The van der Waals surface area contributed by atoms with Crippen LogP contribution in [0.4, 0.5) is 0 Å². The summed E-state index contributed by atoms with van der Waals surface area (Å²) in [6, 6.07) is 0. The molecule has 0 spiro atoms. The number of nitrogens with one attached hydrogen (secondary N) is 1. The minimum absolute atomic E-state index is 0.217. The third kappa shape index (κ3) is 4.35. The average molecular weight is 275 g/mol. The first-order chi connectivity index (χ1) is 8.19. The van der Waals surface area contributed by atoms with Gasteiger partial charge < -0.3 is 4.74 Å². The van der Waals surface area contributed by atoms with E-state index in [1.807, 2.05) is 27.7 Å². The van der Waals surface area contributed by atoms with Crippen molar-refractivity contribution in [1.29, 1.82) is 0 Å². The fraction of sp³-hybridized carbons (Fsp3) is 0.923. The Morgan fingerprint density at radius 3 is 2.28 bits per heavy atom. The van der Waals surface area contributed by atoms with Crippen molar-refractivity contribution in [2.75, 3.05) is 6.61 Å². The molecule has 1 aliphatic carbocycles. The molecule has 0 amide bonds. The summed E-state index contributed by atoms with van der Waals surface area (Å²) in [6.45, 7) is 9.94. The molecule has 1 rings (SSSR count). The number of hydrogen-bond donors (Lipinski definition) is 1. The maximum atomic E-state index is 12.2. The van der Waals surface area contributed by atoms with Crippen molar-refractivity contribution in [1.82, 2.24) is 4.72 Å². The van der Waals surface area contributed by atoms with E-state index in [9.17, 15) is 9.00 Å². The quantitative estimate of drug-likeness (QED) is 0.756. The lowest BCUT2D eigenvalue weighted by Gasteiger charge is -2.32. The van der Waals surface area contributed by atoms with Gasteiger partial charge in [0.05, 0.1) is 28.8 Å². The molecule has 0 heterocycles. The lowest BCUT2D eigenvalue weighted by molar-refractivity contribution is -0.144. The normalized spacial score (nSPS) is 21.2. The highest BCUT2D eigenvalue weighted by Gasteiger charge is 2.45. The van der Waals surface area contributed by atoms with Gasteiger partial charge in [0.1, 0.15) is 0 Å². The second-order valence-corrected chi connectivity index (χ2v) is 8.12. The lowest BCUT2D eigenvalue weighted by Crippen LogP contribution is -2.51. The van der Waals surface area contributed by atoms with Gasteiger partial charge in [-0.3, -0.25) is 4.79 Å². The van der Waals surface area contributed by atoms with Gasteiger partial charge in [0.15, 0.2) is 0 Å². The Kier molecular flexibility index (Phi) is 4.95. The standard InChI is InChI=1S/C13H25NO3S/c1-6-17-11(15)9-13(5,10-7-8-10)14-18(16)12(2,3)4/h10,14H,6-9H2,1-5H3. The zero-order chi connectivity index (χ0) is 14.0. The molecule has 0 aromatic carbocycles. The van der Waals surface area contributed by atoms with Gasteiger partial charge in [-0.1, -0.05) is 0 Å².